The summed E-state index contributed by atoms with van der Waals surface area (Å²) in [5.41, 5.74) is 3.26. The van der Waals surface area contributed by atoms with Crippen molar-refractivity contribution < 1.29 is 14.3 Å². The maximum Gasteiger partial charge on any atom is 0.248 e. The molecule has 2 rings (SSSR count). The predicted molar refractivity (Wildman–Crippen MR) is 108 cm³/mol. The van der Waals surface area contributed by atoms with Gasteiger partial charge in [0.1, 0.15) is 5.75 Å². The molecule has 0 saturated carbocycles. The number of rotatable bonds is 9. The quantitative estimate of drug-likeness (QED) is 0.400. The van der Waals surface area contributed by atoms with Crippen LogP contribution in [0.1, 0.15) is 36.2 Å². The molecule has 2 aromatic carbocycles. The highest BCUT2D eigenvalue weighted by molar-refractivity contribution is 6.01. The van der Waals surface area contributed by atoms with Gasteiger partial charge in [0.2, 0.25) is 5.91 Å². The molecule has 0 aliphatic carbocycles. The molecule has 0 saturated heterocycles. The minimum atomic E-state index is -0.194. The van der Waals surface area contributed by atoms with E-state index in [-0.39, 0.29) is 11.7 Å². The average Bonchev–Trinajstić information content (AvgIpc) is 2.65. The average molecular weight is 366 g/mol. The van der Waals surface area contributed by atoms with Gasteiger partial charge in [0.15, 0.2) is 5.78 Å². The van der Waals surface area contributed by atoms with Gasteiger partial charge in [-0.3, -0.25) is 9.59 Å². The Labute approximate surface area is 160 Å². The van der Waals surface area contributed by atoms with Crippen LogP contribution in [0.15, 0.2) is 60.2 Å². The number of carbonyl (C=O) groups excluding carboxylic acids is 2. The molecule has 2 aromatic rings. The summed E-state index contributed by atoms with van der Waals surface area (Å²) in [6.07, 6.45) is 1.92. The van der Waals surface area contributed by atoms with Crippen molar-refractivity contribution >= 4 is 17.4 Å². The fraction of sp³-hybridized carbons (Fsp3) is 0.273. The number of anilines is 1. The van der Waals surface area contributed by atoms with E-state index in [9.17, 15) is 9.59 Å². The van der Waals surface area contributed by atoms with Gasteiger partial charge >= 0.3 is 0 Å². The Bertz CT molecular complexity index is 807. The fourth-order valence-electron chi connectivity index (χ4n) is 2.53. The van der Waals surface area contributed by atoms with Crippen LogP contribution in [-0.2, 0) is 11.3 Å². The highest BCUT2D eigenvalue weighted by Gasteiger charge is 2.07. The van der Waals surface area contributed by atoms with E-state index in [1.54, 1.807) is 31.4 Å². The lowest BCUT2D eigenvalue weighted by Gasteiger charge is -2.07. The number of benzene rings is 2. The molecule has 1 amide bonds. The van der Waals surface area contributed by atoms with Gasteiger partial charge in [-0.2, -0.15) is 0 Å². The van der Waals surface area contributed by atoms with E-state index in [0.29, 0.717) is 30.8 Å². The summed E-state index contributed by atoms with van der Waals surface area (Å²) in [5.74, 6) is 0.668. The van der Waals surface area contributed by atoms with Crippen molar-refractivity contribution in [1.29, 1.82) is 0 Å². The lowest BCUT2D eigenvalue weighted by molar-refractivity contribution is -0.111. The molecule has 0 aliphatic heterocycles. The first-order valence-electron chi connectivity index (χ1n) is 8.90. The molecule has 0 heterocycles. The third-order valence-corrected chi connectivity index (χ3v) is 3.89. The molecule has 0 fully saturated rings. The maximum atomic E-state index is 12.4. The minimum absolute atomic E-state index is 0.0375. The molecular formula is C22H26N2O3. The largest absolute Gasteiger partial charge is 0.497 e. The van der Waals surface area contributed by atoms with Gasteiger partial charge in [-0.15, -0.1) is 0 Å². The van der Waals surface area contributed by atoms with Gasteiger partial charge < -0.3 is 15.4 Å². The van der Waals surface area contributed by atoms with Gasteiger partial charge in [-0.1, -0.05) is 29.8 Å². The number of methoxy groups -OCH3 is 1. The topological polar surface area (TPSA) is 67.4 Å². The third kappa shape index (κ3) is 7.07. The summed E-state index contributed by atoms with van der Waals surface area (Å²) in [4.78, 5) is 24.2. The molecule has 0 aromatic heterocycles. The van der Waals surface area contributed by atoms with E-state index < -0.39 is 0 Å². The van der Waals surface area contributed by atoms with Crippen LogP contribution in [0.3, 0.4) is 0 Å². The summed E-state index contributed by atoms with van der Waals surface area (Å²) < 4.78 is 5.13. The molecule has 5 heteroatoms. The zero-order valence-electron chi connectivity index (χ0n) is 16.0. The summed E-state index contributed by atoms with van der Waals surface area (Å²) in [6.45, 7) is 4.99. The van der Waals surface area contributed by atoms with Crippen LogP contribution in [0.2, 0.25) is 0 Å². The smallest absolute Gasteiger partial charge is 0.248 e. The van der Waals surface area contributed by atoms with E-state index >= 15 is 0 Å². The number of Topliss-reactive ketones (excluding diaryl/α,β-unsaturated/α-hetero) is 1. The maximum absolute atomic E-state index is 12.4. The Kier molecular flexibility index (Phi) is 7.77. The third-order valence-electron chi connectivity index (χ3n) is 3.89. The van der Waals surface area contributed by atoms with E-state index in [1.165, 1.54) is 6.08 Å². The van der Waals surface area contributed by atoms with Crippen LogP contribution in [0.25, 0.3) is 0 Å². The fourth-order valence-corrected chi connectivity index (χ4v) is 2.53. The molecule has 27 heavy (non-hydrogen) atoms. The zero-order chi connectivity index (χ0) is 19.6. The molecule has 0 aliphatic rings. The lowest BCUT2D eigenvalue weighted by Crippen LogP contribution is -2.18. The molecule has 0 unspecified atom stereocenters. The summed E-state index contributed by atoms with van der Waals surface area (Å²) in [5, 5.41) is 6.04. The Hall–Kier alpha value is -2.92. The predicted octanol–water partition coefficient (Wildman–Crippen LogP) is 3.96. The van der Waals surface area contributed by atoms with Crippen LogP contribution in [-0.4, -0.2) is 25.3 Å². The molecule has 0 atom stereocenters. The van der Waals surface area contributed by atoms with Crippen molar-refractivity contribution in [3.8, 4) is 5.75 Å². The molecule has 142 valence electrons. The van der Waals surface area contributed by atoms with Crippen molar-refractivity contribution in [3.63, 3.8) is 0 Å². The first-order chi connectivity index (χ1) is 13.0. The Morgan fingerprint density at radius 2 is 1.81 bits per heavy atom. The number of amides is 1. The Morgan fingerprint density at radius 3 is 2.48 bits per heavy atom. The van der Waals surface area contributed by atoms with Crippen molar-refractivity contribution in [2.45, 2.75) is 26.8 Å². The second kappa shape index (κ2) is 10.3. The van der Waals surface area contributed by atoms with Crippen LogP contribution in [0, 0.1) is 0 Å². The van der Waals surface area contributed by atoms with Gasteiger partial charge in [0.05, 0.1) is 7.11 Å². The normalized spacial score (nSPS) is 10.2. The number of ether oxygens (including phenoxy) is 1. The Morgan fingerprint density at radius 1 is 1.07 bits per heavy atom. The monoisotopic (exact) mass is 366 g/mol. The molecule has 5 nitrogen and oxygen atoms in total. The number of nitrogens with one attached hydrogen (secondary N) is 2. The lowest BCUT2D eigenvalue weighted by atomic mass is 10.1. The molecule has 0 bridgehead atoms. The van der Waals surface area contributed by atoms with Gasteiger partial charge in [-0.05, 0) is 43.7 Å². The number of hydrogen-bond donors (Lipinski definition) is 2. The molecule has 0 spiro atoms. The first-order valence-corrected chi connectivity index (χ1v) is 8.90. The number of allylic oxidation sites excluding steroid dienone is 1. The van der Waals surface area contributed by atoms with Crippen molar-refractivity contribution in [2.75, 3.05) is 19.0 Å². The zero-order valence-corrected chi connectivity index (χ0v) is 16.0. The van der Waals surface area contributed by atoms with E-state index in [1.807, 2.05) is 38.1 Å². The van der Waals surface area contributed by atoms with E-state index in [2.05, 4.69) is 10.6 Å². The van der Waals surface area contributed by atoms with Crippen LogP contribution in [0.4, 0.5) is 5.69 Å². The SMILES string of the molecule is COc1ccc(CNCCC(=O)c2cccc(NC(=O)C=C(C)C)c2)cc1. The van der Waals surface area contributed by atoms with Crippen molar-refractivity contribution in [1.82, 2.24) is 5.32 Å². The summed E-state index contributed by atoms with van der Waals surface area (Å²) in [6, 6.07) is 14.8. The second-order valence-corrected chi connectivity index (χ2v) is 6.49. The van der Waals surface area contributed by atoms with E-state index in [4.69, 9.17) is 4.74 Å². The number of hydrogen-bond acceptors (Lipinski definition) is 4. The number of ketones is 1. The van der Waals surface area contributed by atoms with Crippen LogP contribution in [0.5, 0.6) is 5.75 Å². The molecule has 2 N–H and O–H groups in total. The van der Waals surface area contributed by atoms with Crippen molar-refractivity contribution in [3.05, 3.63) is 71.3 Å². The Balaban J connectivity index is 1.82. The van der Waals surface area contributed by atoms with Crippen LogP contribution < -0.4 is 15.4 Å². The van der Waals surface area contributed by atoms with Crippen molar-refractivity contribution in [2.24, 2.45) is 0 Å². The second-order valence-electron chi connectivity index (χ2n) is 6.49. The van der Waals surface area contributed by atoms with Gasteiger partial charge in [0, 0.05) is 36.8 Å². The highest BCUT2D eigenvalue weighted by Crippen LogP contribution is 2.13. The van der Waals surface area contributed by atoms with Crippen LogP contribution >= 0.6 is 0 Å². The summed E-state index contributed by atoms with van der Waals surface area (Å²) in [7, 11) is 1.64. The first kappa shape index (κ1) is 20.4. The highest BCUT2D eigenvalue weighted by atomic mass is 16.5. The summed E-state index contributed by atoms with van der Waals surface area (Å²) >= 11 is 0. The minimum Gasteiger partial charge on any atom is -0.497 e. The van der Waals surface area contributed by atoms with Gasteiger partial charge in [0.25, 0.3) is 0 Å². The molecular weight excluding hydrogens is 340 g/mol. The standard InChI is InChI=1S/C22H26N2O3/c1-16(2)13-22(26)24-19-6-4-5-18(14-19)21(25)11-12-23-15-17-7-9-20(27-3)10-8-17/h4-10,13-14,23H,11-12,15H2,1-3H3,(H,24,26). The van der Waals surface area contributed by atoms with Gasteiger partial charge in [-0.25, -0.2) is 0 Å². The van der Waals surface area contributed by atoms with E-state index in [0.717, 1.165) is 16.9 Å². The molecule has 0 radical (unpaired) electrons. The number of carbonyl (C=O) groups is 2.